The van der Waals surface area contributed by atoms with E-state index < -0.39 is 16.0 Å². The molecular formula is C14H21ClN4O4S. The molecule has 0 aliphatic heterocycles. The van der Waals surface area contributed by atoms with Crippen LogP contribution in [0.3, 0.4) is 0 Å². The summed E-state index contributed by atoms with van der Waals surface area (Å²) in [7, 11) is -2.22. The average Bonchev–Trinajstić information content (AvgIpc) is 3.16. The Hall–Kier alpha value is -1.16. The maximum atomic E-state index is 12.4. The Morgan fingerprint density at radius 3 is 2.67 bits per heavy atom. The van der Waals surface area contributed by atoms with E-state index >= 15 is 0 Å². The maximum Gasteiger partial charge on any atom is 0.317 e. The van der Waals surface area contributed by atoms with Crippen molar-refractivity contribution in [3.05, 3.63) is 11.2 Å². The van der Waals surface area contributed by atoms with E-state index in [4.69, 9.17) is 16.7 Å². The Kier molecular flexibility index (Phi) is 4.87. The Balaban J connectivity index is 1.58. The van der Waals surface area contributed by atoms with Crippen molar-refractivity contribution in [1.82, 2.24) is 19.4 Å². The SMILES string of the molecule is Cn1ncc(Cl)c1S(=O)(=O)NC1CC(N(CC(=O)O)CC2CC2)C1. The van der Waals surface area contributed by atoms with Gasteiger partial charge in [0.1, 0.15) is 0 Å². The lowest BCUT2D eigenvalue weighted by molar-refractivity contribution is -0.139. The fourth-order valence-electron chi connectivity index (χ4n) is 3.11. The largest absolute Gasteiger partial charge is 0.480 e. The molecule has 0 bridgehead atoms. The Morgan fingerprint density at radius 1 is 1.50 bits per heavy atom. The molecule has 2 saturated carbocycles. The van der Waals surface area contributed by atoms with Gasteiger partial charge in [-0.05, 0) is 31.6 Å². The third kappa shape index (κ3) is 3.90. The van der Waals surface area contributed by atoms with Crippen LogP contribution in [-0.4, -0.2) is 59.3 Å². The van der Waals surface area contributed by atoms with Gasteiger partial charge >= 0.3 is 5.97 Å². The number of hydrogen-bond acceptors (Lipinski definition) is 5. The van der Waals surface area contributed by atoms with Gasteiger partial charge in [-0.1, -0.05) is 11.6 Å². The number of sulfonamides is 1. The van der Waals surface area contributed by atoms with E-state index in [2.05, 4.69) is 9.82 Å². The average molecular weight is 377 g/mol. The molecule has 8 nitrogen and oxygen atoms in total. The monoisotopic (exact) mass is 376 g/mol. The Morgan fingerprint density at radius 2 is 2.17 bits per heavy atom. The number of aliphatic carboxylic acids is 1. The van der Waals surface area contributed by atoms with E-state index in [1.807, 2.05) is 4.90 Å². The fourth-order valence-corrected chi connectivity index (χ4v) is 5.03. The van der Waals surface area contributed by atoms with Gasteiger partial charge in [0.05, 0.1) is 17.8 Å². The maximum absolute atomic E-state index is 12.4. The molecule has 2 aliphatic rings. The standard InChI is InChI=1S/C14H21ClN4O4S/c1-18-14(12(15)6-16-18)24(22,23)17-10-4-11(5-10)19(8-13(20)21)7-9-2-3-9/h6,9-11,17H,2-5,7-8H2,1H3,(H,20,21). The van der Waals surface area contributed by atoms with Gasteiger partial charge in [0, 0.05) is 25.7 Å². The molecule has 134 valence electrons. The van der Waals surface area contributed by atoms with Gasteiger partial charge in [-0.2, -0.15) is 5.10 Å². The Labute approximate surface area is 145 Å². The van der Waals surface area contributed by atoms with E-state index in [1.54, 1.807) is 0 Å². The highest BCUT2D eigenvalue weighted by Crippen LogP contribution is 2.34. The van der Waals surface area contributed by atoms with E-state index in [9.17, 15) is 13.2 Å². The number of aromatic nitrogens is 2. The van der Waals surface area contributed by atoms with Crippen molar-refractivity contribution in [2.24, 2.45) is 13.0 Å². The first-order valence-corrected chi connectivity index (χ1v) is 9.78. The number of nitrogens with zero attached hydrogens (tertiary/aromatic N) is 3. The lowest BCUT2D eigenvalue weighted by Gasteiger charge is -2.42. The third-order valence-electron chi connectivity index (χ3n) is 4.58. The number of halogens is 1. The Bertz CT molecular complexity index is 706. The van der Waals surface area contributed by atoms with Gasteiger partial charge in [-0.25, -0.2) is 13.1 Å². The lowest BCUT2D eigenvalue weighted by atomic mass is 9.86. The van der Waals surface area contributed by atoms with Crippen LogP contribution in [0, 0.1) is 5.92 Å². The van der Waals surface area contributed by atoms with Crippen LogP contribution in [0.2, 0.25) is 5.02 Å². The molecule has 0 spiro atoms. The van der Waals surface area contributed by atoms with Crippen LogP contribution in [0.4, 0.5) is 0 Å². The predicted octanol–water partition coefficient (Wildman–Crippen LogP) is 0.679. The number of carboxylic acid groups (broad SMARTS) is 1. The molecule has 0 amide bonds. The molecule has 3 rings (SSSR count). The van der Waals surface area contributed by atoms with Crippen LogP contribution < -0.4 is 4.72 Å². The van der Waals surface area contributed by atoms with Crippen LogP contribution in [0.1, 0.15) is 25.7 Å². The van der Waals surface area contributed by atoms with Crippen molar-refractivity contribution in [1.29, 1.82) is 0 Å². The molecule has 0 saturated heterocycles. The summed E-state index contributed by atoms with van der Waals surface area (Å²) >= 11 is 5.90. The van der Waals surface area contributed by atoms with Gasteiger partial charge < -0.3 is 5.11 Å². The van der Waals surface area contributed by atoms with Crippen molar-refractivity contribution in [2.75, 3.05) is 13.1 Å². The summed E-state index contributed by atoms with van der Waals surface area (Å²) < 4.78 is 28.7. The van der Waals surface area contributed by atoms with E-state index in [-0.39, 0.29) is 28.7 Å². The molecule has 0 radical (unpaired) electrons. The van der Waals surface area contributed by atoms with Crippen molar-refractivity contribution < 1.29 is 18.3 Å². The molecular weight excluding hydrogens is 356 g/mol. The number of hydrogen-bond donors (Lipinski definition) is 2. The van der Waals surface area contributed by atoms with Gasteiger partial charge in [-0.15, -0.1) is 0 Å². The molecule has 1 aromatic rings. The van der Waals surface area contributed by atoms with E-state index in [1.165, 1.54) is 17.9 Å². The number of carbonyl (C=O) groups is 1. The zero-order chi connectivity index (χ0) is 17.5. The van der Waals surface area contributed by atoms with Crippen LogP contribution >= 0.6 is 11.6 Å². The molecule has 24 heavy (non-hydrogen) atoms. The minimum Gasteiger partial charge on any atom is -0.480 e. The second kappa shape index (κ2) is 6.62. The summed E-state index contributed by atoms with van der Waals surface area (Å²) in [5.41, 5.74) is 0. The molecule has 1 heterocycles. The summed E-state index contributed by atoms with van der Waals surface area (Å²) in [6.45, 7) is 0.790. The van der Waals surface area contributed by atoms with Gasteiger partial charge in [0.25, 0.3) is 10.0 Å². The van der Waals surface area contributed by atoms with Crippen molar-refractivity contribution in [3.8, 4) is 0 Å². The first-order valence-electron chi connectivity index (χ1n) is 7.92. The van der Waals surface area contributed by atoms with E-state index in [0.29, 0.717) is 18.8 Å². The van der Waals surface area contributed by atoms with Crippen LogP contribution in [-0.2, 0) is 21.9 Å². The summed E-state index contributed by atoms with van der Waals surface area (Å²) in [5.74, 6) is -0.255. The zero-order valence-corrected chi connectivity index (χ0v) is 14.9. The van der Waals surface area contributed by atoms with Crippen molar-refractivity contribution in [3.63, 3.8) is 0 Å². The van der Waals surface area contributed by atoms with Crippen LogP contribution in [0.5, 0.6) is 0 Å². The quantitative estimate of drug-likeness (QED) is 0.691. The molecule has 1 aromatic heterocycles. The number of carboxylic acids is 1. The van der Waals surface area contributed by atoms with Gasteiger partial charge in [-0.3, -0.25) is 14.4 Å². The first kappa shape index (κ1) is 17.7. The van der Waals surface area contributed by atoms with Gasteiger partial charge in [0.2, 0.25) is 0 Å². The highest BCUT2D eigenvalue weighted by atomic mass is 35.5. The fraction of sp³-hybridized carbons (Fsp3) is 0.714. The molecule has 10 heteroatoms. The third-order valence-corrected chi connectivity index (χ3v) is 6.60. The number of rotatable bonds is 8. The normalized spacial score (nSPS) is 24.1. The second-order valence-corrected chi connectivity index (χ2v) is 8.67. The van der Waals surface area contributed by atoms with Gasteiger partial charge in [0.15, 0.2) is 5.03 Å². The minimum atomic E-state index is -3.74. The van der Waals surface area contributed by atoms with Crippen molar-refractivity contribution in [2.45, 2.75) is 42.8 Å². The summed E-state index contributed by atoms with van der Waals surface area (Å²) in [6.07, 6.45) is 4.81. The summed E-state index contributed by atoms with van der Waals surface area (Å²) in [6, 6.07) is -0.0992. The van der Waals surface area contributed by atoms with Crippen LogP contribution in [0.15, 0.2) is 11.2 Å². The van der Waals surface area contributed by atoms with Crippen molar-refractivity contribution >= 4 is 27.6 Å². The summed E-state index contributed by atoms with van der Waals surface area (Å²) in [4.78, 5) is 13.0. The topological polar surface area (TPSA) is 105 Å². The molecule has 2 aliphatic carbocycles. The molecule has 0 atom stereocenters. The summed E-state index contributed by atoms with van der Waals surface area (Å²) in [5, 5.41) is 12.9. The molecule has 0 unspecified atom stereocenters. The number of nitrogens with one attached hydrogen (secondary N) is 1. The molecule has 2 fully saturated rings. The molecule has 2 N–H and O–H groups in total. The highest BCUT2D eigenvalue weighted by molar-refractivity contribution is 7.89. The first-order chi connectivity index (χ1) is 11.3. The predicted molar refractivity (Wildman–Crippen MR) is 87.3 cm³/mol. The zero-order valence-electron chi connectivity index (χ0n) is 13.4. The number of aryl methyl sites for hydroxylation is 1. The van der Waals surface area contributed by atoms with Crippen LogP contribution in [0.25, 0.3) is 0 Å². The second-order valence-electron chi connectivity index (χ2n) is 6.63. The molecule has 0 aromatic carbocycles. The lowest BCUT2D eigenvalue weighted by Crippen LogP contribution is -2.55. The smallest absolute Gasteiger partial charge is 0.317 e. The van der Waals surface area contributed by atoms with E-state index in [0.717, 1.165) is 19.4 Å². The minimum absolute atomic E-state index is 0.00813. The highest BCUT2D eigenvalue weighted by Gasteiger charge is 2.39.